The number of halogens is 2. The van der Waals surface area contributed by atoms with Gasteiger partial charge in [-0.3, -0.25) is 15.1 Å². The highest BCUT2D eigenvalue weighted by Crippen LogP contribution is 2.29. The smallest absolute Gasteiger partial charge is 0.272 e. The molecule has 112 valence electrons. The Balaban J connectivity index is 1.83. The highest BCUT2D eigenvalue weighted by molar-refractivity contribution is 14.1. The molecule has 0 atom stereocenters. The van der Waals surface area contributed by atoms with Crippen molar-refractivity contribution in [2.45, 2.75) is 6.61 Å². The van der Waals surface area contributed by atoms with Crippen molar-refractivity contribution >= 4 is 49.8 Å². The third-order valence-electron chi connectivity index (χ3n) is 2.97. The summed E-state index contributed by atoms with van der Waals surface area (Å²) in [7, 11) is 0. The number of pyridine rings is 1. The van der Waals surface area contributed by atoms with Gasteiger partial charge in [-0.25, -0.2) is 4.39 Å². The Morgan fingerprint density at radius 1 is 1.36 bits per heavy atom. The van der Waals surface area contributed by atoms with Crippen LogP contribution >= 0.6 is 33.9 Å². The van der Waals surface area contributed by atoms with Crippen LogP contribution < -0.4 is 4.74 Å². The number of hydrogen-bond donors (Lipinski definition) is 0. The van der Waals surface area contributed by atoms with Gasteiger partial charge in [-0.1, -0.05) is 0 Å². The van der Waals surface area contributed by atoms with Crippen molar-refractivity contribution in [3.63, 3.8) is 0 Å². The van der Waals surface area contributed by atoms with Gasteiger partial charge in [0.05, 0.1) is 24.1 Å². The number of benzene rings is 1. The molecule has 1 aromatic carbocycles. The zero-order valence-corrected chi connectivity index (χ0v) is 13.9. The fourth-order valence-electron chi connectivity index (χ4n) is 1.95. The molecule has 0 aliphatic carbocycles. The molecule has 8 heteroatoms. The van der Waals surface area contributed by atoms with Gasteiger partial charge in [0.2, 0.25) is 0 Å². The van der Waals surface area contributed by atoms with Crippen LogP contribution in [0.2, 0.25) is 0 Å². The van der Waals surface area contributed by atoms with Crippen LogP contribution in [-0.4, -0.2) is 9.91 Å². The summed E-state index contributed by atoms with van der Waals surface area (Å²) >= 11 is 3.80. The fourth-order valence-corrected chi connectivity index (χ4v) is 3.75. The molecule has 2 heterocycles. The number of nitrogens with zero attached hydrogens (tertiary/aromatic N) is 2. The molecule has 5 nitrogen and oxygen atoms in total. The molecular weight excluding hydrogens is 422 g/mol. The van der Waals surface area contributed by atoms with E-state index in [1.54, 1.807) is 17.5 Å². The van der Waals surface area contributed by atoms with Crippen LogP contribution in [0.4, 0.5) is 10.1 Å². The SMILES string of the molecule is O=[N+]([O-])c1ccc(OCc2ccnc3cc(I)sc23)c(F)c1. The average Bonchev–Trinajstić information content (AvgIpc) is 2.86. The largest absolute Gasteiger partial charge is 0.486 e. The molecular formula is C14H8FIN2O3S. The van der Waals surface area contributed by atoms with Crippen LogP contribution in [0.3, 0.4) is 0 Å². The number of hydrogen-bond acceptors (Lipinski definition) is 5. The number of nitro groups is 1. The molecule has 3 aromatic rings. The standard InChI is InChI=1S/C14H8FIN2O3S/c15-10-5-9(18(19)20)1-2-12(10)21-7-8-3-4-17-11-6-13(16)22-14(8)11/h1-6H,7H2. The summed E-state index contributed by atoms with van der Waals surface area (Å²) < 4.78 is 21.3. The van der Waals surface area contributed by atoms with E-state index in [2.05, 4.69) is 27.6 Å². The van der Waals surface area contributed by atoms with Gasteiger partial charge in [0.25, 0.3) is 5.69 Å². The highest BCUT2D eigenvalue weighted by atomic mass is 127. The zero-order chi connectivity index (χ0) is 15.7. The maximum Gasteiger partial charge on any atom is 0.272 e. The molecule has 0 bridgehead atoms. The van der Waals surface area contributed by atoms with Gasteiger partial charge in [-0.2, -0.15) is 0 Å². The van der Waals surface area contributed by atoms with Crippen LogP contribution in [0.1, 0.15) is 5.56 Å². The van der Waals surface area contributed by atoms with Crippen molar-refractivity contribution in [1.82, 2.24) is 4.98 Å². The molecule has 0 saturated heterocycles. The minimum absolute atomic E-state index is 0.0122. The van der Waals surface area contributed by atoms with E-state index in [-0.39, 0.29) is 18.0 Å². The summed E-state index contributed by atoms with van der Waals surface area (Å²) in [5.41, 5.74) is 1.47. The lowest BCUT2D eigenvalue weighted by Crippen LogP contribution is -1.99. The predicted molar refractivity (Wildman–Crippen MR) is 89.7 cm³/mol. The van der Waals surface area contributed by atoms with Crippen molar-refractivity contribution in [1.29, 1.82) is 0 Å². The van der Waals surface area contributed by atoms with E-state index >= 15 is 0 Å². The Labute approximate surface area is 142 Å². The van der Waals surface area contributed by atoms with Gasteiger partial charge in [0.15, 0.2) is 11.6 Å². The van der Waals surface area contributed by atoms with Crippen molar-refractivity contribution in [2.24, 2.45) is 0 Å². The molecule has 0 aliphatic rings. The summed E-state index contributed by atoms with van der Waals surface area (Å²) in [6.45, 7) is 0.171. The van der Waals surface area contributed by atoms with E-state index in [1.807, 2.05) is 12.1 Å². The van der Waals surface area contributed by atoms with Crippen molar-refractivity contribution in [3.05, 3.63) is 60.9 Å². The molecule has 0 unspecified atom stereocenters. The summed E-state index contributed by atoms with van der Waals surface area (Å²) in [6.07, 6.45) is 1.68. The second-order valence-electron chi connectivity index (χ2n) is 4.40. The van der Waals surface area contributed by atoms with E-state index in [4.69, 9.17) is 4.74 Å². The average molecular weight is 430 g/mol. The number of ether oxygens (including phenoxy) is 1. The van der Waals surface area contributed by atoms with Crippen molar-refractivity contribution < 1.29 is 14.1 Å². The Morgan fingerprint density at radius 3 is 2.91 bits per heavy atom. The van der Waals surface area contributed by atoms with Crippen LogP contribution in [0.15, 0.2) is 36.5 Å². The maximum absolute atomic E-state index is 13.8. The molecule has 0 radical (unpaired) electrons. The molecule has 0 amide bonds. The first-order valence-corrected chi connectivity index (χ1v) is 8.04. The second-order valence-corrected chi connectivity index (χ2v) is 7.34. The zero-order valence-electron chi connectivity index (χ0n) is 11.0. The number of rotatable bonds is 4. The lowest BCUT2D eigenvalue weighted by Gasteiger charge is -2.07. The van der Waals surface area contributed by atoms with Gasteiger partial charge >= 0.3 is 0 Å². The summed E-state index contributed by atoms with van der Waals surface area (Å²) in [5.74, 6) is -0.762. The summed E-state index contributed by atoms with van der Waals surface area (Å²) in [6, 6.07) is 7.12. The first kappa shape index (κ1) is 15.1. The number of aromatic nitrogens is 1. The topological polar surface area (TPSA) is 65.3 Å². The molecule has 0 N–H and O–H groups in total. The summed E-state index contributed by atoms with van der Waals surface area (Å²) in [5, 5.41) is 10.6. The van der Waals surface area contributed by atoms with Crippen LogP contribution in [0.25, 0.3) is 10.2 Å². The maximum atomic E-state index is 13.8. The molecule has 2 aromatic heterocycles. The lowest BCUT2D eigenvalue weighted by molar-refractivity contribution is -0.385. The second kappa shape index (κ2) is 6.13. The summed E-state index contributed by atoms with van der Waals surface area (Å²) in [4.78, 5) is 14.2. The molecule has 0 fully saturated rings. The Kier molecular flexibility index (Phi) is 4.21. The van der Waals surface area contributed by atoms with Gasteiger partial charge in [0, 0.05) is 17.8 Å². The Morgan fingerprint density at radius 2 is 2.18 bits per heavy atom. The van der Waals surface area contributed by atoms with Crippen LogP contribution in [0.5, 0.6) is 5.75 Å². The minimum atomic E-state index is -0.750. The number of nitro benzene ring substituents is 1. The molecule has 22 heavy (non-hydrogen) atoms. The fraction of sp³-hybridized carbons (Fsp3) is 0.0714. The van der Waals surface area contributed by atoms with E-state index in [1.165, 1.54) is 12.1 Å². The van der Waals surface area contributed by atoms with Gasteiger partial charge in [-0.15, -0.1) is 11.3 Å². The van der Waals surface area contributed by atoms with E-state index < -0.39 is 10.7 Å². The first-order valence-electron chi connectivity index (χ1n) is 6.14. The van der Waals surface area contributed by atoms with E-state index in [0.717, 1.165) is 24.7 Å². The first-order chi connectivity index (χ1) is 10.5. The third kappa shape index (κ3) is 3.02. The number of fused-ring (bicyclic) bond motifs is 1. The minimum Gasteiger partial charge on any atom is -0.486 e. The van der Waals surface area contributed by atoms with Crippen LogP contribution in [-0.2, 0) is 6.61 Å². The predicted octanol–water partition coefficient (Wildman–Crippen LogP) is 4.53. The number of non-ortho nitro benzene ring substituents is 1. The molecule has 0 spiro atoms. The molecule has 0 aliphatic heterocycles. The van der Waals surface area contributed by atoms with Gasteiger partial charge < -0.3 is 4.74 Å². The Bertz CT molecular complexity index is 868. The molecule has 3 rings (SSSR count). The Hall–Kier alpha value is -1.81. The monoisotopic (exact) mass is 430 g/mol. The number of thiophene rings is 1. The van der Waals surface area contributed by atoms with Gasteiger partial charge in [0.1, 0.15) is 6.61 Å². The highest BCUT2D eigenvalue weighted by Gasteiger charge is 2.13. The van der Waals surface area contributed by atoms with Gasteiger partial charge in [-0.05, 0) is 40.8 Å². The normalized spacial score (nSPS) is 10.8. The van der Waals surface area contributed by atoms with Crippen molar-refractivity contribution in [3.8, 4) is 5.75 Å². The van der Waals surface area contributed by atoms with Crippen molar-refractivity contribution in [2.75, 3.05) is 0 Å². The third-order valence-corrected chi connectivity index (χ3v) is 4.93. The van der Waals surface area contributed by atoms with E-state index in [9.17, 15) is 14.5 Å². The van der Waals surface area contributed by atoms with E-state index in [0.29, 0.717) is 0 Å². The molecule has 0 saturated carbocycles. The van der Waals surface area contributed by atoms with Crippen LogP contribution in [0, 0.1) is 18.8 Å². The lowest BCUT2D eigenvalue weighted by atomic mass is 10.2. The quantitative estimate of drug-likeness (QED) is 0.347.